The summed E-state index contributed by atoms with van der Waals surface area (Å²) in [6.07, 6.45) is 2.46. The van der Waals surface area contributed by atoms with Crippen LogP contribution in [0.2, 0.25) is 0 Å². The normalized spacial score (nSPS) is 19.4. The summed E-state index contributed by atoms with van der Waals surface area (Å²) in [7, 11) is 0. The summed E-state index contributed by atoms with van der Waals surface area (Å²) < 4.78 is 38.8. The minimum Gasteiger partial charge on any atom is -0.484 e. The van der Waals surface area contributed by atoms with Gasteiger partial charge in [0.05, 0.1) is 48.3 Å². The van der Waals surface area contributed by atoms with Crippen molar-refractivity contribution in [3.05, 3.63) is 85.9 Å². The van der Waals surface area contributed by atoms with E-state index < -0.39 is 64.8 Å². The SMILES string of the molecule is CCOCCOCCCC(=O)N[C@H](C(=O)N[C@@H](C)C(=O)Nc1ccc(OCC(=O)N2CCC[C@H]2C(=O)N[C@H]2CCc3c(C)c(F)cc4nc5c(c2c34)Cn2c-5cc3c(c2=O)COC(=O)[C@]3(O)CC)cc1)C(C)C. The molecular formula is C53H64FN7O12. The number of carbonyl (C=O) groups excluding carboxylic acids is 6. The molecule has 73 heavy (non-hydrogen) atoms. The minimum atomic E-state index is -2.03. The molecule has 0 unspecified atom stereocenters. The number of cyclic esters (lactones) is 1. The van der Waals surface area contributed by atoms with Crippen molar-refractivity contribution >= 4 is 52.1 Å². The van der Waals surface area contributed by atoms with E-state index in [0.717, 1.165) is 5.56 Å². The number of aliphatic hydroxyl groups is 1. The van der Waals surface area contributed by atoms with Crippen LogP contribution in [0.1, 0.15) is 113 Å². The van der Waals surface area contributed by atoms with Crippen LogP contribution >= 0.6 is 0 Å². The number of rotatable bonds is 20. The van der Waals surface area contributed by atoms with Gasteiger partial charge in [0.2, 0.25) is 23.6 Å². The number of aromatic nitrogens is 2. The number of hydrogen-bond donors (Lipinski definition) is 5. The van der Waals surface area contributed by atoms with Crippen LogP contribution in [0.15, 0.2) is 41.2 Å². The van der Waals surface area contributed by atoms with Crippen LogP contribution in [0.4, 0.5) is 10.1 Å². The zero-order chi connectivity index (χ0) is 52.3. The summed E-state index contributed by atoms with van der Waals surface area (Å²) in [5.74, 6) is -3.26. The predicted octanol–water partition coefficient (Wildman–Crippen LogP) is 4.12. The molecule has 1 fully saturated rings. The third-order valence-corrected chi connectivity index (χ3v) is 14.3. The van der Waals surface area contributed by atoms with Gasteiger partial charge in [-0.15, -0.1) is 0 Å². The Balaban J connectivity index is 0.882. The van der Waals surface area contributed by atoms with Crippen molar-refractivity contribution in [1.82, 2.24) is 30.4 Å². The van der Waals surface area contributed by atoms with Crippen molar-refractivity contribution in [1.29, 1.82) is 0 Å². The van der Waals surface area contributed by atoms with Crippen molar-refractivity contribution < 1.29 is 57.2 Å². The standard InChI is InChI=1S/C53H64FN7O12/c1-7-53(69)36-23-41-47-34(25-61(41)51(67)35(36)26-73-52(53)68)45-38(18-17-33-29(5)37(54)24-39(57-47)44(33)45)58-49(65)40-11-9-19-60(40)43(63)27-72-32-15-13-31(14-16-32)56-48(64)30(6)55-50(66)46(28(3)4)59-42(62)12-10-20-71-22-21-70-8-2/h13-16,23-24,28,30,38,40,46,69H,7-12,17-22,25-27H2,1-6H3,(H,55,66)(H,56,64)(H,58,65)(H,59,62)/t30-,38-,40-,46-,53-/m0/s1. The average Bonchev–Trinajstić information content (AvgIpc) is 4.02. The third-order valence-electron chi connectivity index (χ3n) is 14.3. The van der Waals surface area contributed by atoms with Crippen molar-refractivity contribution in [3.63, 3.8) is 0 Å². The van der Waals surface area contributed by atoms with Crippen molar-refractivity contribution in [2.75, 3.05) is 44.9 Å². The number of nitrogens with one attached hydrogen (secondary N) is 4. The van der Waals surface area contributed by atoms with E-state index in [1.807, 2.05) is 6.92 Å². The molecule has 19 nitrogen and oxygen atoms in total. The molecule has 1 saturated heterocycles. The number of benzene rings is 2. The summed E-state index contributed by atoms with van der Waals surface area (Å²) in [6, 6.07) is 6.10. The summed E-state index contributed by atoms with van der Waals surface area (Å²) in [6.45, 7) is 12.0. The minimum absolute atomic E-state index is 0.0298. The Hall–Kier alpha value is -6.77. The first-order valence-corrected chi connectivity index (χ1v) is 25.2. The Kier molecular flexibility index (Phi) is 15.9. The van der Waals surface area contributed by atoms with Crippen molar-refractivity contribution in [2.24, 2.45) is 5.92 Å². The van der Waals surface area contributed by atoms with Gasteiger partial charge in [-0.2, -0.15) is 0 Å². The Morgan fingerprint density at radius 1 is 0.959 bits per heavy atom. The van der Waals surface area contributed by atoms with Gasteiger partial charge in [0.1, 0.15) is 36.3 Å². The van der Waals surface area contributed by atoms with Gasteiger partial charge in [-0.1, -0.05) is 20.8 Å². The maximum absolute atomic E-state index is 15.5. The van der Waals surface area contributed by atoms with Crippen LogP contribution in [0.5, 0.6) is 5.75 Å². The molecule has 0 radical (unpaired) electrons. The number of halogens is 1. The largest absolute Gasteiger partial charge is 0.484 e. The number of aryl methyl sites for hydroxylation is 1. The fourth-order valence-corrected chi connectivity index (χ4v) is 10.3. The molecule has 3 aliphatic heterocycles. The molecule has 1 aliphatic carbocycles. The Morgan fingerprint density at radius 3 is 2.44 bits per heavy atom. The monoisotopic (exact) mass is 1010 g/mol. The first-order valence-electron chi connectivity index (χ1n) is 25.2. The van der Waals surface area contributed by atoms with Gasteiger partial charge >= 0.3 is 5.97 Å². The highest BCUT2D eigenvalue weighted by atomic mass is 19.1. The number of carbonyl (C=O) groups is 6. The zero-order valence-corrected chi connectivity index (χ0v) is 42.1. The lowest BCUT2D eigenvalue weighted by Crippen LogP contribution is -2.53. The molecule has 20 heteroatoms. The summed E-state index contributed by atoms with van der Waals surface area (Å²) in [5.41, 5.74) is 1.95. The van der Waals surface area contributed by atoms with E-state index >= 15 is 4.39 Å². The number of anilines is 1. The molecule has 2 aromatic carbocycles. The second kappa shape index (κ2) is 22.1. The first kappa shape index (κ1) is 52.5. The summed E-state index contributed by atoms with van der Waals surface area (Å²) >= 11 is 0. The number of hydrogen-bond acceptors (Lipinski definition) is 13. The highest BCUT2D eigenvalue weighted by Gasteiger charge is 2.46. The molecular weight excluding hydrogens is 946 g/mol. The van der Waals surface area contributed by atoms with Crippen LogP contribution in [0, 0.1) is 18.7 Å². The molecule has 0 spiro atoms. The first-order chi connectivity index (χ1) is 34.9. The quantitative estimate of drug-likeness (QED) is 0.0545. The van der Waals surface area contributed by atoms with Gasteiger partial charge in [0.25, 0.3) is 11.5 Å². The van der Waals surface area contributed by atoms with E-state index in [1.165, 1.54) is 22.5 Å². The van der Waals surface area contributed by atoms with E-state index in [2.05, 4.69) is 21.3 Å². The van der Waals surface area contributed by atoms with Crippen molar-refractivity contribution in [2.45, 2.75) is 129 Å². The highest BCUT2D eigenvalue weighted by Crippen LogP contribution is 2.46. The molecule has 8 rings (SSSR count). The number of ether oxygens (including phenoxy) is 4. The summed E-state index contributed by atoms with van der Waals surface area (Å²) in [4.78, 5) is 100. The maximum atomic E-state index is 15.5. The second-order valence-electron chi connectivity index (χ2n) is 19.4. The topological polar surface area (TPSA) is 246 Å². The Labute approximate surface area is 421 Å². The molecule has 5 heterocycles. The van der Waals surface area contributed by atoms with Crippen LogP contribution in [0.3, 0.4) is 0 Å². The summed E-state index contributed by atoms with van der Waals surface area (Å²) in [5, 5.41) is 23.5. The van der Waals surface area contributed by atoms with E-state index in [4.69, 9.17) is 23.9 Å². The number of esters is 1. The number of nitrogens with zero attached hydrogens (tertiary/aromatic N) is 3. The molecule has 0 bridgehead atoms. The van der Waals surface area contributed by atoms with Crippen molar-refractivity contribution in [3.8, 4) is 17.1 Å². The van der Waals surface area contributed by atoms with Gasteiger partial charge in [0, 0.05) is 54.4 Å². The fraction of sp³-hybridized carbons (Fsp3) is 0.509. The van der Waals surface area contributed by atoms with E-state index in [-0.39, 0.29) is 61.5 Å². The molecule has 0 saturated carbocycles. The van der Waals surface area contributed by atoms with Gasteiger partial charge in [-0.3, -0.25) is 28.8 Å². The van der Waals surface area contributed by atoms with E-state index in [9.17, 15) is 38.7 Å². The fourth-order valence-electron chi connectivity index (χ4n) is 10.3. The van der Waals surface area contributed by atoms with Crippen LogP contribution in [0.25, 0.3) is 22.3 Å². The third kappa shape index (κ3) is 10.7. The smallest absolute Gasteiger partial charge is 0.343 e. The van der Waals surface area contributed by atoms with Crippen LogP contribution < -0.4 is 31.6 Å². The zero-order valence-electron chi connectivity index (χ0n) is 42.1. The Bertz CT molecular complexity index is 2890. The number of likely N-dealkylation sites (tertiary alicyclic amines) is 1. The molecule has 5 atom stereocenters. The molecule has 2 aromatic heterocycles. The molecule has 4 aliphatic rings. The van der Waals surface area contributed by atoms with Crippen LogP contribution in [-0.4, -0.2) is 113 Å². The molecule has 5 N–H and O–H groups in total. The number of pyridine rings is 2. The number of amides is 5. The lowest BCUT2D eigenvalue weighted by atomic mass is 9.81. The molecule has 5 amide bonds. The average molecular weight is 1010 g/mol. The van der Waals surface area contributed by atoms with Crippen LogP contribution in [-0.2, 0) is 68.2 Å². The molecule has 4 aromatic rings. The van der Waals surface area contributed by atoms with Gasteiger partial charge in [-0.05, 0) is 112 Å². The van der Waals surface area contributed by atoms with E-state index in [1.54, 1.807) is 58.0 Å². The lowest BCUT2D eigenvalue weighted by molar-refractivity contribution is -0.172. The highest BCUT2D eigenvalue weighted by molar-refractivity contribution is 5.98. The maximum Gasteiger partial charge on any atom is 0.343 e. The predicted molar refractivity (Wildman–Crippen MR) is 265 cm³/mol. The number of fused-ring (bicyclic) bond motifs is 5. The second-order valence-corrected chi connectivity index (χ2v) is 19.4. The molecule has 390 valence electrons. The Morgan fingerprint density at radius 2 is 1.71 bits per heavy atom. The van der Waals surface area contributed by atoms with Gasteiger partial charge in [0.15, 0.2) is 12.2 Å². The van der Waals surface area contributed by atoms with Gasteiger partial charge in [-0.25, -0.2) is 14.2 Å². The lowest BCUT2D eigenvalue weighted by Gasteiger charge is -2.32. The van der Waals surface area contributed by atoms with Gasteiger partial charge < -0.3 is 54.8 Å². The van der Waals surface area contributed by atoms with E-state index in [0.29, 0.717) is 115 Å².